The summed E-state index contributed by atoms with van der Waals surface area (Å²) in [5, 5.41) is 8.86. The molecule has 1 aromatic heterocycles. The van der Waals surface area contributed by atoms with Gasteiger partial charge in [0, 0.05) is 56.5 Å². The van der Waals surface area contributed by atoms with Crippen LogP contribution in [-0.2, 0) is 9.59 Å². The highest BCUT2D eigenvalue weighted by Crippen LogP contribution is 2.30. The van der Waals surface area contributed by atoms with Crippen molar-refractivity contribution in [2.45, 2.75) is 36.8 Å². The summed E-state index contributed by atoms with van der Waals surface area (Å²) >= 11 is 0. The Kier molecular flexibility index (Phi) is 5.72. The van der Waals surface area contributed by atoms with E-state index in [0.717, 1.165) is 5.56 Å². The number of nitrogens with zero attached hydrogens (tertiary/aromatic N) is 2. The number of aromatic nitrogens is 1. The molecule has 0 saturated carbocycles. The van der Waals surface area contributed by atoms with Crippen molar-refractivity contribution in [2.24, 2.45) is 0 Å². The van der Waals surface area contributed by atoms with Crippen molar-refractivity contribution in [3.05, 3.63) is 54.4 Å². The van der Waals surface area contributed by atoms with Gasteiger partial charge in [-0.1, -0.05) is 6.07 Å². The van der Waals surface area contributed by atoms with Crippen molar-refractivity contribution < 1.29 is 19.1 Å². The predicted molar refractivity (Wildman–Crippen MR) is 121 cm³/mol. The van der Waals surface area contributed by atoms with Gasteiger partial charge in [-0.3, -0.25) is 14.6 Å². The largest absolute Gasteiger partial charge is 0.478 e. The van der Waals surface area contributed by atoms with Gasteiger partial charge in [0.2, 0.25) is 5.91 Å². The summed E-state index contributed by atoms with van der Waals surface area (Å²) in [7, 11) is 0. The molecule has 2 atom stereocenters. The molecule has 3 aliphatic heterocycles. The number of nitrogens with one attached hydrogen (secondary N) is 3. The molecule has 4 heterocycles. The van der Waals surface area contributed by atoms with Gasteiger partial charge >= 0.3 is 6.03 Å². The molecule has 3 saturated heterocycles. The fourth-order valence-corrected chi connectivity index (χ4v) is 4.65. The number of benzene rings is 1. The second-order valence-corrected chi connectivity index (χ2v) is 8.89. The number of pyridine rings is 1. The number of hydrogen-bond acceptors (Lipinski definition) is 6. The quantitative estimate of drug-likeness (QED) is 0.619. The van der Waals surface area contributed by atoms with Crippen LogP contribution in [0.5, 0.6) is 5.75 Å². The lowest BCUT2D eigenvalue weighted by Gasteiger charge is -2.39. The second kappa shape index (κ2) is 8.82. The van der Waals surface area contributed by atoms with Crippen LogP contribution < -0.4 is 20.7 Å². The van der Waals surface area contributed by atoms with Gasteiger partial charge in [0.25, 0.3) is 0 Å². The molecule has 0 spiro atoms. The third-order valence-electron chi connectivity index (χ3n) is 6.62. The summed E-state index contributed by atoms with van der Waals surface area (Å²) in [5.74, 6) is 0.689. The van der Waals surface area contributed by atoms with Gasteiger partial charge in [-0.2, -0.15) is 0 Å². The number of rotatable bonds is 6. The molecule has 9 nitrogen and oxygen atoms in total. The van der Waals surface area contributed by atoms with Gasteiger partial charge in [0.05, 0.1) is 6.04 Å². The van der Waals surface area contributed by atoms with Gasteiger partial charge in [0.15, 0.2) is 11.4 Å². The van der Waals surface area contributed by atoms with E-state index in [2.05, 4.69) is 20.9 Å². The number of urea groups is 1. The molecule has 0 unspecified atom stereocenters. The minimum absolute atomic E-state index is 0.0864. The van der Waals surface area contributed by atoms with Crippen LogP contribution in [0.15, 0.2) is 48.8 Å². The minimum Gasteiger partial charge on any atom is -0.478 e. The SMILES string of the molecule is O=C1CC[C@H](C(=O)[C@@]2(Oc3ccc(NC(=O)N4CC(c5cccnc5)C4)cc3)CCNC2)N1. The summed E-state index contributed by atoms with van der Waals surface area (Å²) in [6.07, 6.45) is 5.01. The zero-order chi connectivity index (χ0) is 22.8. The summed E-state index contributed by atoms with van der Waals surface area (Å²) in [5.41, 5.74) is 0.807. The van der Waals surface area contributed by atoms with E-state index in [-0.39, 0.29) is 17.7 Å². The molecule has 0 aliphatic carbocycles. The van der Waals surface area contributed by atoms with E-state index in [0.29, 0.717) is 62.8 Å². The van der Waals surface area contributed by atoms with Gasteiger partial charge < -0.3 is 25.6 Å². The van der Waals surface area contributed by atoms with Crippen molar-refractivity contribution in [2.75, 3.05) is 31.5 Å². The molecule has 9 heteroatoms. The van der Waals surface area contributed by atoms with Crippen LogP contribution in [0, 0.1) is 0 Å². The molecule has 172 valence electrons. The number of likely N-dealkylation sites (tertiary alicyclic amines) is 1. The highest BCUT2D eigenvalue weighted by molar-refractivity contribution is 5.98. The predicted octanol–water partition coefficient (Wildman–Crippen LogP) is 1.67. The molecule has 3 aliphatic rings. The lowest BCUT2D eigenvalue weighted by atomic mass is 9.91. The molecule has 3 fully saturated rings. The van der Waals surface area contributed by atoms with E-state index in [4.69, 9.17) is 4.74 Å². The standard InChI is InChI=1S/C24H27N5O4/c30-21-8-7-20(28-21)22(31)24(9-11-26-15-24)33-19-5-3-18(4-6-19)27-23(32)29-13-17(14-29)16-2-1-10-25-12-16/h1-6,10,12,17,20,26H,7-9,11,13-15H2,(H,27,32)(H,28,30)/t20-,24-/m1/s1. The van der Waals surface area contributed by atoms with Crippen LogP contribution in [0.2, 0.25) is 0 Å². The number of carbonyl (C=O) groups is 3. The summed E-state index contributed by atoms with van der Waals surface area (Å²) in [6.45, 7) is 2.41. The van der Waals surface area contributed by atoms with Crippen molar-refractivity contribution in [1.82, 2.24) is 20.5 Å². The van der Waals surface area contributed by atoms with E-state index in [1.807, 2.05) is 18.3 Å². The van der Waals surface area contributed by atoms with Gasteiger partial charge in [-0.05, 0) is 48.9 Å². The van der Waals surface area contributed by atoms with Gasteiger partial charge in [-0.15, -0.1) is 0 Å². The molecule has 3 amide bonds. The maximum absolute atomic E-state index is 13.1. The molecule has 3 N–H and O–H groups in total. The zero-order valence-electron chi connectivity index (χ0n) is 18.3. The molecular formula is C24H27N5O4. The lowest BCUT2D eigenvalue weighted by Crippen LogP contribution is -2.54. The lowest BCUT2D eigenvalue weighted by molar-refractivity contribution is -0.136. The molecule has 1 aromatic carbocycles. The van der Waals surface area contributed by atoms with E-state index < -0.39 is 11.6 Å². The average Bonchev–Trinajstić information content (AvgIpc) is 3.44. The van der Waals surface area contributed by atoms with Crippen LogP contribution in [0.4, 0.5) is 10.5 Å². The van der Waals surface area contributed by atoms with E-state index in [9.17, 15) is 14.4 Å². The average molecular weight is 450 g/mol. The number of amides is 3. The monoisotopic (exact) mass is 449 g/mol. The number of anilines is 1. The Labute approximate surface area is 191 Å². The van der Waals surface area contributed by atoms with Crippen LogP contribution in [0.3, 0.4) is 0 Å². The molecule has 33 heavy (non-hydrogen) atoms. The number of carbonyl (C=O) groups excluding carboxylic acids is 3. The maximum Gasteiger partial charge on any atom is 0.321 e. The molecule has 2 aromatic rings. The maximum atomic E-state index is 13.1. The first-order valence-electron chi connectivity index (χ1n) is 11.3. The Morgan fingerprint density at radius 1 is 1.18 bits per heavy atom. The van der Waals surface area contributed by atoms with E-state index >= 15 is 0 Å². The van der Waals surface area contributed by atoms with Crippen LogP contribution in [0.1, 0.15) is 30.7 Å². The number of ether oxygens (including phenoxy) is 1. The summed E-state index contributed by atoms with van der Waals surface area (Å²) < 4.78 is 6.18. The van der Waals surface area contributed by atoms with E-state index in [1.165, 1.54) is 0 Å². The van der Waals surface area contributed by atoms with E-state index in [1.54, 1.807) is 35.4 Å². The molecule has 0 radical (unpaired) electrons. The van der Waals surface area contributed by atoms with Crippen LogP contribution in [-0.4, -0.2) is 65.4 Å². The Balaban J connectivity index is 1.18. The number of ketones is 1. The highest BCUT2D eigenvalue weighted by Gasteiger charge is 2.48. The Morgan fingerprint density at radius 2 is 2.00 bits per heavy atom. The molecule has 5 rings (SSSR count). The molecule has 0 bridgehead atoms. The zero-order valence-corrected chi connectivity index (χ0v) is 18.3. The highest BCUT2D eigenvalue weighted by atomic mass is 16.5. The third-order valence-corrected chi connectivity index (χ3v) is 6.62. The Morgan fingerprint density at radius 3 is 2.64 bits per heavy atom. The minimum atomic E-state index is -0.994. The van der Waals surface area contributed by atoms with Crippen molar-refractivity contribution in [1.29, 1.82) is 0 Å². The second-order valence-electron chi connectivity index (χ2n) is 8.89. The fraction of sp³-hybridized carbons (Fsp3) is 0.417. The summed E-state index contributed by atoms with van der Waals surface area (Å²) in [4.78, 5) is 43.1. The first-order valence-corrected chi connectivity index (χ1v) is 11.3. The third kappa shape index (κ3) is 4.41. The normalized spacial score (nSPS) is 24.8. The van der Waals surface area contributed by atoms with Crippen molar-refractivity contribution >= 4 is 23.4 Å². The smallest absolute Gasteiger partial charge is 0.321 e. The topological polar surface area (TPSA) is 113 Å². The van der Waals surface area contributed by atoms with Crippen LogP contribution in [0.25, 0.3) is 0 Å². The van der Waals surface area contributed by atoms with Crippen LogP contribution >= 0.6 is 0 Å². The summed E-state index contributed by atoms with van der Waals surface area (Å²) in [6, 6.07) is 10.3. The number of Topliss-reactive ketones (excluding diaryl/α,β-unsaturated/α-hetero) is 1. The number of hydrogen-bond donors (Lipinski definition) is 3. The van der Waals surface area contributed by atoms with Gasteiger partial charge in [0.1, 0.15) is 5.75 Å². The first kappa shape index (κ1) is 21.4. The van der Waals surface area contributed by atoms with Gasteiger partial charge in [-0.25, -0.2) is 4.79 Å². The first-order chi connectivity index (χ1) is 16.0. The molecular weight excluding hydrogens is 422 g/mol. The Bertz CT molecular complexity index is 1030. The Hall–Kier alpha value is -3.46. The van der Waals surface area contributed by atoms with Crippen molar-refractivity contribution in [3.63, 3.8) is 0 Å². The fourth-order valence-electron chi connectivity index (χ4n) is 4.65. The van der Waals surface area contributed by atoms with Crippen molar-refractivity contribution in [3.8, 4) is 5.75 Å².